The van der Waals surface area contributed by atoms with Gasteiger partial charge in [0.2, 0.25) is 11.8 Å². The maximum Gasteiger partial charge on any atom is 0.242 e. The molecule has 1 aromatic heterocycles. The van der Waals surface area contributed by atoms with Gasteiger partial charge in [-0.1, -0.05) is 30.3 Å². The monoisotopic (exact) mass is 411 g/mol. The topological polar surface area (TPSA) is 54.8 Å². The standard InChI is InChI=1S/C24H33N3O3/c1-19(2)27(23(28)18-26(14-15-30-3)24(29)21-11-12-21)17-22-10-7-13-25(22)16-20-8-5-4-6-9-20/h4-10,13,19,21H,11-12,14-18H2,1-3H3. The second-order valence-corrected chi connectivity index (χ2v) is 8.26. The molecule has 2 aromatic rings. The van der Waals surface area contributed by atoms with Gasteiger partial charge in [-0.25, -0.2) is 0 Å². The van der Waals surface area contributed by atoms with Crippen LogP contribution in [-0.4, -0.2) is 59.0 Å². The Hall–Kier alpha value is -2.60. The van der Waals surface area contributed by atoms with Crippen molar-refractivity contribution in [1.29, 1.82) is 0 Å². The van der Waals surface area contributed by atoms with Gasteiger partial charge in [0.05, 0.1) is 19.7 Å². The molecule has 0 bridgehead atoms. The number of methoxy groups -OCH3 is 1. The number of carbonyl (C=O) groups excluding carboxylic acids is 2. The smallest absolute Gasteiger partial charge is 0.242 e. The molecule has 3 rings (SSSR count). The van der Waals surface area contributed by atoms with Crippen LogP contribution in [0, 0.1) is 5.92 Å². The zero-order valence-corrected chi connectivity index (χ0v) is 18.3. The zero-order valence-electron chi connectivity index (χ0n) is 18.3. The zero-order chi connectivity index (χ0) is 21.5. The third-order valence-electron chi connectivity index (χ3n) is 5.53. The minimum atomic E-state index is -0.0254. The molecule has 162 valence electrons. The first-order valence-electron chi connectivity index (χ1n) is 10.7. The first kappa shape index (κ1) is 22.1. The summed E-state index contributed by atoms with van der Waals surface area (Å²) in [6.07, 6.45) is 3.90. The molecule has 6 heteroatoms. The normalized spacial score (nSPS) is 13.5. The van der Waals surface area contributed by atoms with E-state index in [9.17, 15) is 9.59 Å². The summed E-state index contributed by atoms with van der Waals surface area (Å²) in [5, 5.41) is 0. The molecule has 6 nitrogen and oxygen atoms in total. The molecule has 0 spiro atoms. The van der Waals surface area contributed by atoms with E-state index in [2.05, 4.69) is 22.8 Å². The molecule has 1 heterocycles. The molecular formula is C24H33N3O3. The number of hydrogen-bond donors (Lipinski definition) is 0. The second kappa shape index (κ2) is 10.4. The summed E-state index contributed by atoms with van der Waals surface area (Å²) >= 11 is 0. The maximum atomic E-state index is 13.2. The molecule has 0 radical (unpaired) electrons. The van der Waals surface area contributed by atoms with E-state index in [4.69, 9.17) is 4.74 Å². The van der Waals surface area contributed by atoms with Gasteiger partial charge < -0.3 is 19.1 Å². The van der Waals surface area contributed by atoms with Crippen molar-refractivity contribution in [1.82, 2.24) is 14.4 Å². The molecule has 2 amide bonds. The largest absolute Gasteiger partial charge is 0.383 e. The molecule has 1 aromatic carbocycles. The van der Waals surface area contributed by atoms with Crippen molar-refractivity contribution in [2.24, 2.45) is 5.92 Å². The van der Waals surface area contributed by atoms with Crippen molar-refractivity contribution in [2.45, 2.75) is 45.8 Å². The third kappa shape index (κ3) is 5.95. The molecule has 0 aliphatic heterocycles. The van der Waals surface area contributed by atoms with E-state index in [0.29, 0.717) is 19.7 Å². The SMILES string of the molecule is COCCN(CC(=O)N(Cc1cccn1Cc1ccccc1)C(C)C)C(=O)C1CC1. The van der Waals surface area contributed by atoms with Crippen LogP contribution >= 0.6 is 0 Å². The fourth-order valence-electron chi connectivity index (χ4n) is 3.57. The summed E-state index contributed by atoms with van der Waals surface area (Å²) in [7, 11) is 1.61. The predicted octanol–water partition coefficient (Wildman–Crippen LogP) is 3.16. The van der Waals surface area contributed by atoms with Crippen LogP contribution < -0.4 is 0 Å². The first-order chi connectivity index (χ1) is 14.5. The lowest BCUT2D eigenvalue weighted by atomic mass is 10.2. The Morgan fingerprint density at radius 2 is 1.87 bits per heavy atom. The van der Waals surface area contributed by atoms with Crippen LogP contribution in [0.5, 0.6) is 0 Å². The molecule has 1 fully saturated rings. The van der Waals surface area contributed by atoms with Gasteiger partial charge in [0.1, 0.15) is 0 Å². The molecule has 1 saturated carbocycles. The van der Waals surface area contributed by atoms with Crippen molar-refractivity contribution in [2.75, 3.05) is 26.8 Å². The fraction of sp³-hybridized carbons (Fsp3) is 0.500. The molecule has 1 aliphatic carbocycles. The Balaban J connectivity index is 1.68. The summed E-state index contributed by atoms with van der Waals surface area (Å²) in [4.78, 5) is 29.3. The van der Waals surface area contributed by atoms with Crippen LogP contribution in [0.3, 0.4) is 0 Å². The number of amides is 2. The van der Waals surface area contributed by atoms with Crippen LogP contribution in [-0.2, 0) is 27.4 Å². The minimum absolute atomic E-state index is 0.0254. The van der Waals surface area contributed by atoms with E-state index < -0.39 is 0 Å². The summed E-state index contributed by atoms with van der Waals surface area (Å²) in [6, 6.07) is 14.4. The predicted molar refractivity (Wildman–Crippen MR) is 117 cm³/mol. The average Bonchev–Trinajstić information content (AvgIpc) is 3.50. The van der Waals surface area contributed by atoms with E-state index in [1.807, 2.05) is 49.2 Å². The first-order valence-corrected chi connectivity index (χ1v) is 10.7. The number of hydrogen-bond acceptors (Lipinski definition) is 3. The van der Waals surface area contributed by atoms with Gasteiger partial charge >= 0.3 is 0 Å². The van der Waals surface area contributed by atoms with Crippen LogP contribution in [0.15, 0.2) is 48.7 Å². The number of nitrogens with zero attached hydrogens (tertiary/aromatic N) is 3. The summed E-state index contributed by atoms with van der Waals surface area (Å²) in [5.41, 5.74) is 2.30. The molecule has 30 heavy (non-hydrogen) atoms. The van der Waals surface area contributed by atoms with Crippen molar-refractivity contribution in [3.63, 3.8) is 0 Å². The Labute approximate surface area is 179 Å². The number of aromatic nitrogens is 1. The van der Waals surface area contributed by atoms with E-state index in [1.165, 1.54) is 5.56 Å². The fourth-order valence-corrected chi connectivity index (χ4v) is 3.57. The van der Waals surface area contributed by atoms with Gasteiger partial charge in [-0.15, -0.1) is 0 Å². The lowest BCUT2D eigenvalue weighted by molar-refractivity contribution is -0.143. The van der Waals surface area contributed by atoms with Crippen molar-refractivity contribution in [3.05, 3.63) is 59.9 Å². The van der Waals surface area contributed by atoms with E-state index >= 15 is 0 Å². The third-order valence-corrected chi connectivity index (χ3v) is 5.53. The highest BCUT2D eigenvalue weighted by Gasteiger charge is 2.34. The van der Waals surface area contributed by atoms with E-state index in [-0.39, 0.29) is 30.3 Å². The second-order valence-electron chi connectivity index (χ2n) is 8.26. The summed E-state index contributed by atoms with van der Waals surface area (Å²) < 4.78 is 7.32. The van der Waals surface area contributed by atoms with E-state index in [1.54, 1.807) is 12.0 Å². The quantitative estimate of drug-likeness (QED) is 0.571. The lowest BCUT2D eigenvalue weighted by Gasteiger charge is -2.30. The van der Waals surface area contributed by atoms with Crippen molar-refractivity contribution < 1.29 is 14.3 Å². The number of carbonyl (C=O) groups is 2. The Morgan fingerprint density at radius 3 is 2.50 bits per heavy atom. The van der Waals surface area contributed by atoms with Gasteiger partial charge in [0.15, 0.2) is 0 Å². The average molecular weight is 412 g/mol. The Morgan fingerprint density at radius 1 is 1.13 bits per heavy atom. The Kier molecular flexibility index (Phi) is 7.69. The summed E-state index contributed by atoms with van der Waals surface area (Å²) in [6.45, 7) is 6.32. The maximum absolute atomic E-state index is 13.2. The van der Waals surface area contributed by atoms with Crippen molar-refractivity contribution >= 4 is 11.8 Å². The molecule has 1 aliphatic rings. The van der Waals surface area contributed by atoms with E-state index in [0.717, 1.165) is 25.1 Å². The number of rotatable bonds is 11. The molecule has 0 atom stereocenters. The van der Waals surface area contributed by atoms with Crippen LogP contribution in [0.1, 0.15) is 37.9 Å². The van der Waals surface area contributed by atoms with Crippen LogP contribution in [0.25, 0.3) is 0 Å². The highest BCUT2D eigenvalue weighted by molar-refractivity contribution is 5.87. The molecule has 0 saturated heterocycles. The molecule has 0 unspecified atom stereocenters. The lowest BCUT2D eigenvalue weighted by Crippen LogP contribution is -2.46. The number of benzene rings is 1. The van der Waals surface area contributed by atoms with Crippen LogP contribution in [0.4, 0.5) is 0 Å². The highest BCUT2D eigenvalue weighted by atomic mass is 16.5. The van der Waals surface area contributed by atoms with Gasteiger partial charge in [0.25, 0.3) is 0 Å². The van der Waals surface area contributed by atoms with Crippen LogP contribution in [0.2, 0.25) is 0 Å². The molecule has 0 N–H and O–H groups in total. The summed E-state index contributed by atoms with van der Waals surface area (Å²) in [5.74, 6) is 0.143. The minimum Gasteiger partial charge on any atom is -0.383 e. The molecular weight excluding hydrogens is 378 g/mol. The van der Waals surface area contributed by atoms with Gasteiger partial charge in [-0.3, -0.25) is 9.59 Å². The van der Waals surface area contributed by atoms with Gasteiger partial charge in [-0.05, 0) is 44.4 Å². The van der Waals surface area contributed by atoms with Gasteiger partial charge in [0, 0.05) is 44.0 Å². The highest BCUT2D eigenvalue weighted by Crippen LogP contribution is 2.31. The van der Waals surface area contributed by atoms with Gasteiger partial charge in [-0.2, -0.15) is 0 Å². The Bertz CT molecular complexity index is 827. The number of ether oxygens (including phenoxy) is 1. The van der Waals surface area contributed by atoms with Crippen molar-refractivity contribution in [3.8, 4) is 0 Å².